The lowest BCUT2D eigenvalue weighted by Crippen LogP contribution is -2.18. The van der Waals surface area contributed by atoms with E-state index in [1.54, 1.807) is 18.9 Å². The van der Waals surface area contributed by atoms with Gasteiger partial charge in [-0.1, -0.05) is 35.3 Å². The molecule has 21 heavy (non-hydrogen) atoms. The maximum atomic E-state index is 6.04. The maximum Gasteiger partial charge on any atom is 0.118 e. The van der Waals surface area contributed by atoms with Gasteiger partial charge >= 0.3 is 0 Å². The van der Waals surface area contributed by atoms with Crippen molar-refractivity contribution in [3.8, 4) is 5.75 Å². The molecular formula is C16H17Cl2NOS. The molecule has 1 N–H and O–H groups in total. The molecule has 2 aromatic carbocycles. The Hall–Kier alpha value is -0.870. The first-order chi connectivity index (χ1) is 10.1. The number of benzene rings is 2. The van der Waals surface area contributed by atoms with Crippen LogP contribution in [0.2, 0.25) is 10.0 Å². The van der Waals surface area contributed by atoms with Crippen molar-refractivity contribution in [2.75, 3.05) is 19.9 Å². The molecule has 2 aromatic rings. The molecule has 0 aliphatic heterocycles. The van der Waals surface area contributed by atoms with Crippen LogP contribution in [0.5, 0.6) is 5.75 Å². The van der Waals surface area contributed by atoms with Gasteiger partial charge < -0.3 is 10.1 Å². The van der Waals surface area contributed by atoms with E-state index < -0.39 is 0 Å². The SMILES string of the molecule is CNC(CSc1ccc(Cl)c(Cl)c1)c1ccc(OC)cc1. The lowest BCUT2D eigenvalue weighted by atomic mass is 10.1. The second-order valence-electron chi connectivity index (χ2n) is 4.50. The van der Waals surface area contributed by atoms with Gasteiger partial charge in [-0.2, -0.15) is 0 Å². The Morgan fingerprint density at radius 2 is 1.81 bits per heavy atom. The smallest absolute Gasteiger partial charge is 0.118 e. The standard InChI is InChI=1S/C16H17Cl2NOS/c1-19-16(11-3-5-12(20-2)6-4-11)10-21-13-7-8-14(17)15(18)9-13/h3-9,16,19H,10H2,1-2H3. The van der Waals surface area contributed by atoms with Crippen molar-refractivity contribution in [1.82, 2.24) is 5.32 Å². The Morgan fingerprint density at radius 3 is 2.38 bits per heavy atom. The molecule has 0 amide bonds. The highest BCUT2D eigenvalue weighted by Crippen LogP contribution is 2.30. The van der Waals surface area contributed by atoms with Gasteiger partial charge in [-0.15, -0.1) is 11.8 Å². The molecule has 0 fully saturated rings. The van der Waals surface area contributed by atoms with Crippen molar-refractivity contribution in [3.05, 3.63) is 58.1 Å². The Kier molecular flexibility index (Phi) is 6.24. The average Bonchev–Trinajstić information content (AvgIpc) is 2.52. The van der Waals surface area contributed by atoms with E-state index in [0.717, 1.165) is 16.4 Å². The summed E-state index contributed by atoms with van der Waals surface area (Å²) in [6.45, 7) is 0. The van der Waals surface area contributed by atoms with Gasteiger partial charge in [-0.25, -0.2) is 0 Å². The van der Waals surface area contributed by atoms with Crippen molar-refractivity contribution >= 4 is 35.0 Å². The minimum atomic E-state index is 0.260. The van der Waals surface area contributed by atoms with Crippen LogP contribution in [0.4, 0.5) is 0 Å². The van der Waals surface area contributed by atoms with E-state index >= 15 is 0 Å². The molecule has 1 unspecified atom stereocenters. The van der Waals surface area contributed by atoms with E-state index in [2.05, 4.69) is 17.4 Å². The van der Waals surface area contributed by atoms with Gasteiger partial charge in [-0.05, 0) is 42.9 Å². The number of nitrogens with one attached hydrogen (secondary N) is 1. The van der Waals surface area contributed by atoms with E-state index in [0.29, 0.717) is 10.0 Å². The van der Waals surface area contributed by atoms with Crippen molar-refractivity contribution < 1.29 is 4.74 Å². The summed E-state index contributed by atoms with van der Waals surface area (Å²) in [6.07, 6.45) is 0. The van der Waals surface area contributed by atoms with Crippen LogP contribution < -0.4 is 10.1 Å². The van der Waals surface area contributed by atoms with Gasteiger partial charge in [0, 0.05) is 16.7 Å². The first-order valence-corrected chi connectivity index (χ1v) is 8.27. The third-order valence-electron chi connectivity index (χ3n) is 3.17. The molecular weight excluding hydrogens is 325 g/mol. The number of rotatable bonds is 6. The Morgan fingerprint density at radius 1 is 1.10 bits per heavy atom. The first kappa shape index (κ1) is 16.5. The summed E-state index contributed by atoms with van der Waals surface area (Å²) in [7, 11) is 3.63. The van der Waals surface area contributed by atoms with Crippen LogP contribution in [0, 0.1) is 0 Å². The molecule has 2 rings (SSSR count). The number of hydrogen-bond donors (Lipinski definition) is 1. The normalized spacial score (nSPS) is 12.2. The number of hydrogen-bond acceptors (Lipinski definition) is 3. The summed E-state index contributed by atoms with van der Waals surface area (Å²) < 4.78 is 5.18. The fraction of sp³-hybridized carbons (Fsp3) is 0.250. The van der Waals surface area contributed by atoms with Gasteiger partial charge in [0.25, 0.3) is 0 Å². The minimum absolute atomic E-state index is 0.260. The van der Waals surface area contributed by atoms with E-state index in [1.165, 1.54) is 5.56 Å². The van der Waals surface area contributed by atoms with Gasteiger partial charge in [0.1, 0.15) is 5.75 Å². The first-order valence-electron chi connectivity index (χ1n) is 6.53. The van der Waals surface area contributed by atoms with Crippen molar-refractivity contribution in [3.63, 3.8) is 0 Å². The van der Waals surface area contributed by atoms with Crippen LogP contribution in [0.25, 0.3) is 0 Å². The summed E-state index contributed by atoms with van der Waals surface area (Å²) in [5.74, 6) is 1.77. The van der Waals surface area contributed by atoms with E-state index in [-0.39, 0.29) is 6.04 Å². The van der Waals surface area contributed by atoms with Crippen LogP contribution in [0.1, 0.15) is 11.6 Å². The Balaban J connectivity index is 2.02. The summed E-state index contributed by atoms with van der Waals surface area (Å²) in [5, 5.41) is 4.51. The molecule has 2 nitrogen and oxygen atoms in total. The van der Waals surface area contributed by atoms with E-state index in [4.69, 9.17) is 27.9 Å². The zero-order valence-corrected chi connectivity index (χ0v) is 14.2. The second-order valence-corrected chi connectivity index (χ2v) is 6.41. The molecule has 0 aliphatic rings. The molecule has 0 bridgehead atoms. The summed E-state index contributed by atoms with van der Waals surface area (Å²) in [6, 6.07) is 14.1. The molecule has 0 spiro atoms. The Labute approximate surface area is 139 Å². The maximum absolute atomic E-state index is 6.04. The Bertz CT molecular complexity index is 589. The number of thioether (sulfide) groups is 1. The number of ether oxygens (including phenoxy) is 1. The molecule has 0 aliphatic carbocycles. The van der Waals surface area contributed by atoms with E-state index in [1.807, 2.05) is 37.4 Å². The summed E-state index contributed by atoms with van der Waals surface area (Å²) >= 11 is 13.7. The average molecular weight is 342 g/mol. The molecule has 0 saturated carbocycles. The molecule has 0 heterocycles. The highest BCUT2D eigenvalue weighted by molar-refractivity contribution is 7.99. The van der Waals surface area contributed by atoms with Gasteiger partial charge in [-0.3, -0.25) is 0 Å². The van der Waals surface area contributed by atoms with E-state index in [9.17, 15) is 0 Å². The zero-order valence-electron chi connectivity index (χ0n) is 11.9. The molecule has 0 aromatic heterocycles. The minimum Gasteiger partial charge on any atom is -0.497 e. The highest BCUT2D eigenvalue weighted by Gasteiger charge is 2.10. The second kappa shape index (κ2) is 7.95. The van der Waals surface area contributed by atoms with Crippen molar-refractivity contribution in [2.24, 2.45) is 0 Å². The summed E-state index contributed by atoms with van der Waals surface area (Å²) in [5.41, 5.74) is 1.23. The number of halogens is 2. The molecule has 5 heteroatoms. The third kappa shape index (κ3) is 4.55. The fourth-order valence-corrected chi connectivity index (χ4v) is 3.38. The highest BCUT2D eigenvalue weighted by atomic mass is 35.5. The van der Waals surface area contributed by atoms with Crippen LogP contribution >= 0.6 is 35.0 Å². The largest absolute Gasteiger partial charge is 0.497 e. The molecule has 1 atom stereocenters. The van der Waals surface area contributed by atoms with Crippen molar-refractivity contribution in [2.45, 2.75) is 10.9 Å². The molecule has 112 valence electrons. The van der Waals surface area contributed by atoms with Crippen molar-refractivity contribution in [1.29, 1.82) is 0 Å². The lowest BCUT2D eigenvalue weighted by Gasteiger charge is -2.17. The molecule has 0 radical (unpaired) electrons. The van der Waals surface area contributed by atoms with Gasteiger partial charge in [0.2, 0.25) is 0 Å². The molecule has 0 saturated heterocycles. The van der Waals surface area contributed by atoms with Crippen LogP contribution in [0.3, 0.4) is 0 Å². The quantitative estimate of drug-likeness (QED) is 0.742. The predicted octanol–water partition coefficient (Wildman–Crippen LogP) is 5.05. The fourth-order valence-electron chi connectivity index (χ4n) is 1.93. The number of methoxy groups -OCH3 is 1. The lowest BCUT2D eigenvalue weighted by molar-refractivity contribution is 0.414. The zero-order chi connectivity index (χ0) is 15.2. The topological polar surface area (TPSA) is 21.3 Å². The van der Waals surface area contributed by atoms with Crippen LogP contribution in [-0.2, 0) is 0 Å². The van der Waals surface area contributed by atoms with Gasteiger partial charge in [0.05, 0.1) is 17.2 Å². The van der Waals surface area contributed by atoms with Crippen LogP contribution in [-0.4, -0.2) is 19.9 Å². The van der Waals surface area contributed by atoms with Gasteiger partial charge in [0.15, 0.2) is 0 Å². The predicted molar refractivity (Wildman–Crippen MR) is 92.0 cm³/mol. The summed E-state index contributed by atoms with van der Waals surface area (Å²) in [4.78, 5) is 1.11. The van der Waals surface area contributed by atoms with Crippen LogP contribution in [0.15, 0.2) is 47.4 Å². The monoisotopic (exact) mass is 341 g/mol. The third-order valence-corrected chi connectivity index (χ3v) is 5.00.